The molecule has 0 radical (unpaired) electrons. The highest BCUT2D eigenvalue weighted by Crippen LogP contribution is 2.14. The van der Waals surface area contributed by atoms with Crippen molar-refractivity contribution in [2.24, 2.45) is 0 Å². The average Bonchev–Trinajstić information content (AvgIpc) is 2.46. The number of carboxylic acid groups (broad SMARTS) is 1. The summed E-state index contributed by atoms with van der Waals surface area (Å²) in [6.45, 7) is 1.96. The summed E-state index contributed by atoms with van der Waals surface area (Å²) in [7, 11) is 0. The first kappa shape index (κ1) is 10.5. The van der Waals surface area contributed by atoms with Gasteiger partial charge < -0.3 is 5.11 Å². The van der Waals surface area contributed by atoms with Crippen molar-refractivity contribution >= 4 is 28.6 Å². The van der Waals surface area contributed by atoms with Gasteiger partial charge in [0.05, 0.1) is 9.77 Å². The van der Waals surface area contributed by atoms with Gasteiger partial charge in [0, 0.05) is 6.20 Å². The molecule has 0 amide bonds. The van der Waals surface area contributed by atoms with Gasteiger partial charge in [-0.05, 0) is 29.0 Å². The second kappa shape index (κ2) is 4.59. The van der Waals surface area contributed by atoms with Crippen LogP contribution in [0.25, 0.3) is 0 Å². The van der Waals surface area contributed by atoms with E-state index in [0.29, 0.717) is 6.42 Å². The van der Waals surface area contributed by atoms with Gasteiger partial charge in [-0.25, -0.2) is 4.79 Å². The Hall–Kier alpha value is -0.590. The fraction of sp³-hybridized carbons (Fsp3) is 0.500. The fourth-order valence-electron chi connectivity index (χ4n) is 1.13. The Labute approximate surface area is 90.1 Å². The zero-order valence-electron chi connectivity index (χ0n) is 7.27. The predicted molar refractivity (Wildman–Crippen MR) is 56.5 cm³/mol. The molecule has 13 heavy (non-hydrogen) atoms. The van der Waals surface area contributed by atoms with Gasteiger partial charge in [0.1, 0.15) is 6.04 Å². The number of aromatic nitrogens is 2. The molecule has 5 heteroatoms. The Bertz CT molecular complexity index is 298. The van der Waals surface area contributed by atoms with Gasteiger partial charge in [0.25, 0.3) is 0 Å². The summed E-state index contributed by atoms with van der Waals surface area (Å²) in [5.74, 6) is -0.818. The summed E-state index contributed by atoms with van der Waals surface area (Å²) in [6.07, 6.45) is 4.86. The molecule has 0 aliphatic heterocycles. The van der Waals surface area contributed by atoms with Gasteiger partial charge in [0.15, 0.2) is 0 Å². The lowest BCUT2D eigenvalue weighted by molar-refractivity contribution is -0.141. The molecular formula is C8H11IN2O2. The predicted octanol–water partition coefficient (Wildman–Crippen LogP) is 1.91. The van der Waals surface area contributed by atoms with Crippen molar-refractivity contribution in [1.29, 1.82) is 0 Å². The molecule has 1 heterocycles. The number of carbonyl (C=O) groups is 1. The van der Waals surface area contributed by atoms with Crippen molar-refractivity contribution in [1.82, 2.24) is 9.78 Å². The second-order valence-corrected chi connectivity index (χ2v) is 4.03. The Morgan fingerprint density at radius 3 is 2.92 bits per heavy atom. The van der Waals surface area contributed by atoms with E-state index in [-0.39, 0.29) is 0 Å². The van der Waals surface area contributed by atoms with Gasteiger partial charge in [-0.15, -0.1) is 0 Å². The van der Waals surface area contributed by atoms with Crippen LogP contribution in [-0.4, -0.2) is 20.9 Å². The van der Waals surface area contributed by atoms with E-state index in [1.807, 2.05) is 6.92 Å². The molecule has 0 bridgehead atoms. The van der Waals surface area contributed by atoms with Crippen LogP contribution in [0.2, 0.25) is 0 Å². The topological polar surface area (TPSA) is 55.1 Å². The molecule has 0 spiro atoms. The zero-order chi connectivity index (χ0) is 9.84. The van der Waals surface area contributed by atoms with E-state index in [1.54, 1.807) is 12.4 Å². The van der Waals surface area contributed by atoms with Crippen molar-refractivity contribution < 1.29 is 9.90 Å². The number of rotatable bonds is 4. The molecule has 0 aliphatic carbocycles. The molecule has 1 rings (SSSR count). The molecule has 1 aromatic heterocycles. The smallest absolute Gasteiger partial charge is 0.328 e. The highest BCUT2D eigenvalue weighted by Gasteiger charge is 2.18. The molecule has 72 valence electrons. The van der Waals surface area contributed by atoms with Crippen LogP contribution in [0.4, 0.5) is 0 Å². The van der Waals surface area contributed by atoms with Crippen LogP contribution in [0.1, 0.15) is 25.8 Å². The molecule has 1 atom stereocenters. The van der Waals surface area contributed by atoms with E-state index in [1.165, 1.54) is 4.68 Å². The van der Waals surface area contributed by atoms with Gasteiger partial charge in [0.2, 0.25) is 0 Å². The Balaban J connectivity index is 2.81. The van der Waals surface area contributed by atoms with Gasteiger partial charge in [-0.2, -0.15) is 5.10 Å². The van der Waals surface area contributed by atoms with E-state index in [0.717, 1.165) is 9.99 Å². The molecule has 0 aromatic carbocycles. The summed E-state index contributed by atoms with van der Waals surface area (Å²) in [5, 5.41) is 12.9. The monoisotopic (exact) mass is 294 g/mol. The lowest BCUT2D eigenvalue weighted by Crippen LogP contribution is -2.19. The third-order valence-electron chi connectivity index (χ3n) is 1.74. The molecule has 0 saturated carbocycles. The summed E-state index contributed by atoms with van der Waals surface area (Å²) in [5.41, 5.74) is 0. The minimum atomic E-state index is -0.818. The summed E-state index contributed by atoms with van der Waals surface area (Å²) in [4.78, 5) is 10.8. The van der Waals surface area contributed by atoms with Crippen molar-refractivity contribution in [3.63, 3.8) is 0 Å². The maximum absolute atomic E-state index is 10.8. The number of carboxylic acids is 1. The third kappa shape index (κ3) is 2.68. The van der Waals surface area contributed by atoms with Crippen LogP contribution in [0.15, 0.2) is 12.4 Å². The maximum Gasteiger partial charge on any atom is 0.328 e. The van der Waals surface area contributed by atoms with Crippen molar-refractivity contribution in [2.75, 3.05) is 0 Å². The highest BCUT2D eigenvalue weighted by molar-refractivity contribution is 14.1. The fourth-order valence-corrected chi connectivity index (χ4v) is 1.54. The van der Waals surface area contributed by atoms with Crippen LogP contribution in [0, 0.1) is 3.57 Å². The summed E-state index contributed by atoms with van der Waals surface area (Å²) < 4.78 is 2.47. The number of hydrogen-bond donors (Lipinski definition) is 1. The minimum Gasteiger partial charge on any atom is -0.480 e. The van der Waals surface area contributed by atoms with Crippen molar-refractivity contribution in [3.8, 4) is 0 Å². The number of aliphatic carboxylic acids is 1. The number of nitrogens with zero attached hydrogens (tertiary/aromatic N) is 2. The van der Waals surface area contributed by atoms with Gasteiger partial charge >= 0.3 is 5.97 Å². The Kier molecular flexibility index (Phi) is 3.71. The zero-order valence-corrected chi connectivity index (χ0v) is 9.43. The van der Waals surface area contributed by atoms with Gasteiger partial charge in [-0.3, -0.25) is 4.68 Å². The lowest BCUT2D eigenvalue weighted by Gasteiger charge is -2.10. The molecule has 0 saturated heterocycles. The van der Waals surface area contributed by atoms with E-state index in [4.69, 9.17) is 5.11 Å². The summed E-state index contributed by atoms with van der Waals surface area (Å²) in [6, 6.07) is -0.520. The molecule has 1 aromatic rings. The average molecular weight is 294 g/mol. The SMILES string of the molecule is CCCC(C(=O)O)n1cc(I)cn1. The maximum atomic E-state index is 10.8. The molecule has 1 N–H and O–H groups in total. The quantitative estimate of drug-likeness (QED) is 0.863. The van der Waals surface area contributed by atoms with E-state index < -0.39 is 12.0 Å². The van der Waals surface area contributed by atoms with Crippen molar-refractivity contribution in [3.05, 3.63) is 16.0 Å². The first-order valence-corrected chi connectivity index (χ1v) is 5.15. The largest absolute Gasteiger partial charge is 0.480 e. The second-order valence-electron chi connectivity index (χ2n) is 2.78. The van der Waals surface area contributed by atoms with E-state index in [9.17, 15) is 4.79 Å². The molecule has 1 unspecified atom stereocenters. The minimum absolute atomic E-state index is 0.520. The van der Waals surface area contributed by atoms with Crippen LogP contribution < -0.4 is 0 Å². The number of hydrogen-bond acceptors (Lipinski definition) is 2. The standard InChI is InChI=1S/C8H11IN2O2/c1-2-3-7(8(12)13)11-5-6(9)4-10-11/h4-5,7H,2-3H2,1H3,(H,12,13). The van der Waals surface area contributed by atoms with Crippen LogP contribution in [-0.2, 0) is 4.79 Å². The van der Waals surface area contributed by atoms with Crippen molar-refractivity contribution in [2.45, 2.75) is 25.8 Å². The Morgan fingerprint density at radius 1 is 1.85 bits per heavy atom. The van der Waals surface area contributed by atoms with Crippen LogP contribution >= 0.6 is 22.6 Å². The molecule has 4 nitrogen and oxygen atoms in total. The Morgan fingerprint density at radius 2 is 2.54 bits per heavy atom. The molecular weight excluding hydrogens is 283 g/mol. The van der Waals surface area contributed by atoms with Crippen LogP contribution in [0.5, 0.6) is 0 Å². The normalized spacial score (nSPS) is 12.8. The van der Waals surface area contributed by atoms with E-state index >= 15 is 0 Å². The lowest BCUT2D eigenvalue weighted by atomic mass is 10.2. The van der Waals surface area contributed by atoms with E-state index in [2.05, 4.69) is 27.7 Å². The first-order chi connectivity index (χ1) is 6.15. The molecule has 0 aliphatic rings. The molecule has 0 fully saturated rings. The van der Waals surface area contributed by atoms with Gasteiger partial charge in [-0.1, -0.05) is 13.3 Å². The van der Waals surface area contributed by atoms with Crippen LogP contribution in [0.3, 0.4) is 0 Å². The summed E-state index contributed by atoms with van der Waals surface area (Å²) >= 11 is 2.11. The number of halogens is 1. The third-order valence-corrected chi connectivity index (χ3v) is 2.29. The highest BCUT2D eigenvalue weighted by atomic mass is 127. The first-order valence-electron chi connectivity index (χ1n) is 4.07.